The van der Waals surface area contributed by atoms with E-state index < -0.39 is 0 Å². The van der Waals surface area contributed by atoms with Crippen LogP contribution in [-0.2, 0) is 4.74 Å². The molecule has 0 amide bonds. The van der Waals surface area contributed by atoms with Crippen LogP contribution >= 0.6 is 0 Å². The SMILES string of the molecule is CC/C(F)=C(\CC)OC. The Hall–Kier alpha value is -0.530. The predicted octanol–water partition coefficient (Wildman–Crippen LogP) is 2.63. The number of hydrogen-bond donors (Lipinski definition) is 0. The van der Waals surface area contributed by atoms with Crippen molar-refractivity contribution in [1.82, 2.24) is 0 Å². The van der Waals surface area contributed by atoms with Gasteiger partial charge in [0.1, 0.15) is 11.6 Å². The van der Waals surface area contributed by atoms with Crippen LogP contribution in [0.2, 0.25) is 0 Å². The quantitative estimate of drug-likeness (QED) is 0.536. The molecule has 1 nitrogen and oxygen atoms in total. The fourth-order valence-electron chi connectivity index (χ4n) is 0.644. The molecule has 0 heterocycles. The number of halogens is 1. The third-order valence-electron chi connectivity index (χ3n) is 1.18. The van der Waals surface area contributed by atoms with E-state index in [9.17, 15) is 4.39 Å². The lowest BCUT2D eigenvalue weighted by Gasteiger charge is -2.02. The van der Waals surface area contributed by atoms with E-state index in [1.54, 1.807) is 6.92 Å². The normalized spacial score (nSPS) is 12.9. The first-order valence-electron chi connectivity index (χ1n) is 3.17. The van der Waals surface area contributed by atoms with Gasteiger partial charge in [-0.05, 0) is 6.42 Å². The first kappa shape index (κ1) is 8.47. The minimum Gasteiger partial charge on any atom is -0.498 e. The fraction of sp³-hybridized carbons (Fsp3) is 0.714. The highest BCUT2D eigenvalue weighted by Crippen LogP contribution is 2.13. The molecule has 0 unspecified atom stereocenters. The zero-order chi connectivity index (χ0) is 7.28. The largest absolute Gasteiger partial charge is 0.498 e. The van der Waals surface area contributed by atoms with Crippen molar-refractivity contribution in [3.63, 3.8) is 0 Å². The maximum atomic E-state index is 12.6. The van der Waals surface area contributed by atoms with Gasteiger partial charge in [-0.2, -0.15) is 0 Å². The molecule has 0 saturated carbocycles. The smallest absolute Gasteiger partial charge is 0.137 e. The lowest BCUT2D eigenvalue weighted by Crippen LogP contribution is -1.87. The minimum absolute atomic E-state index is 0.139. The van der Waals surface area contributed by atoms with Crippen LogP contribution < -0.4 is 0 Å². The lowest BCUT2D eigenvalue weighted by molar-refractivity contribution is 0.261. The molecule has 0 spiro atoms. The molecule has 0 fully saturated rings. The van der Waals surface area contributed by atoms with Crippen LogP contribution in [0, 0.1) is 0 Å². The van der Waals surface area contributed by atoms with Crippen molar-refractivity contribution < 1.29 is 9.13 Å². The summed E-state index contributed by atoms with van der Waals surface area (Å²) in [5.41, 5.74) is 0. The van der Waals surface area contributed by atoms with E-state index in [4.69, 9.17) is 4.74 Å². The Balaban J connectivity index is 4.01. The first-order valence-corrected chi connectivity index (χ1v) is 3.17. The molecule has 2 heteroatoms. The van der Waals surface area contributed by atoms with Crippen LogP contribution in [-0.4, -0.2) is 7.11 Å². The second-order valence-corrected chi connectivity index (χ2v) is 1.74. The third kappa shape index (κ3) is 2.49. The molecule has 0 aliphatic heterocycles. The first-order chi connectivity index (χ1) is 4.26. The van der Waals surface area contributed by atoms with Gasteiger partial charge in [-0.15, -0.1) is 0 Å². The molecular formula is C7H13FO. The summed E-state index contributed by atoms with van der Waals surface area (Å²) in [5.74, 6) is 0.331. The number of hydrogen-bond acceptors (Lipinski definition) is 1. The van der Waals surface area contributed by atoms with Crippen molar-refractivity contribution in [2.75, 3.05) is 7.11 Å². The monoisotopic (exact) mass is 132 g/mol. The van der Waals surface area contributed by atoms with Crippen LogP contribution in [0.4, 0.5) is 4.39 Å². The Labute approximate surface area is 55.5 Å². The van der Waals surface area contributed by atoms with Gasteiger partial charge in [0.15, 0.2) is 0 Å². The van der Waals surface area contributed by atoms with E-state index in [1.807, 2.05) is 6.92 Å². The second-order valence-electron chi connectivity index (χ2n) is 1.74. The van der Waals surface area contributed by atoms with E-state index in [0.717, 1.165) is 0 Å². The van der Waals surface area contributed by atoms with Crippen molar-refractivity contribution in [3.8, 4) is 0 Å². The highest BCUT2D eigenvalue weighted by Gasteiger charge is 1.99. The van der Waals surface area contributed by atoms with Gasteiger partial charge in [0.25, 0.3) is 0 Å². The van der Waals surface area contributed by atoms with Crippen molar-refractivity contribution in [2.24, 2.45) is 0 Å². The van der Waals surface area contributed by atoms with Gasteiger partial charge in [-0.3, -0.25) is 0 Å². The maximum Gasteiger partial charge on any atom is 0.137 e. The van der Waals surface area contributed by atoms with Crippen LogP contribution in [0.5, 0.6) is 0 Å². The Morgan fingerprint density at radius 3 is 2.00 bits per heavy atom. The molecular weight excluding hydrogens is 119 g/mol. The van der Waals surface area contributed by atoms with E-state index in [0.29, 0.717) is 18.6 Å². The molecule has 54 valence electrons. The molecule has 0 saturated heterocycles. The Morgan fingerprint density at radius 2 is 1.89 bits per heavy atom. The van der Waals surface area contributed by atoms with E-state index in [2.05, 4.69) is 0 Å². The number of ether oxygens (including phenoxy) is 1. The summed E-state index contributed by atoms with van der Waals surface area (Å²) in [4.78, 5) is 0. The Morgan fingerprint density at radius 1 is 1.33 bits per heavy atom. The van der Waals surface area contributed by atoms with Gasteiger partial charge in [0, 0.05) is 6.42 Å². The number of allylic oxidation sites excluding steroid dienone is 2. The highest BCUT2D eigenvalue weighted by atomic mass is 19.1. The minimum atomic E-state index is -0.139. The van der Waals surface area contributed by atoms with Gasteiger partial charge >= 0.3 is 0 Å². The summed E-state index contributed by atoms with van der Waals surface area (Å²) in [6, 6.07) is 0. The summed E-state index contributed by atoms with van der Waals surface area (Å²) < 4.78 is 17.3. The molecule has 0 radical (unpaired) electrons. The molecule has 0 atom stereocenters. The Kier molecular flexibility index (Phi) is 4.10. The molecule has 0 aromatic rings. The molecule has 9 heavy (non-hydrogen) atoms. The van der Waals surface area contributed by atoms with Gasteiger partial charge in [-0.1, -0.05) is 13.8 Å². The van der Waals surface area contributed by atoms with E-state index in [-0.39, 0.29) is 5.83 Å². The zero-order valence-electron chi connectivity index (χ0n) is 6.20. The van der Waals surface area contributed by atoms with Crippen molar-refractivity contribution >= 4 is 0 Å². The summed E-state index contributed by atoms with van der Waals surface area (Å²) in [6.45, 7) is 3.64. The van der Waals surface area contributed by atoms with Crippen molar-refractivity contribution in [1.29, 1.82) is 0 Å². The average molecular weight is 132 g/mol. The molecule has 0 rings (SSSR count). The van der Waals surface area contributed by atoms with Gasteiger partial charge in [0.05, 0.1) is 7.11 Å². The molecule has 0 N–H and O–H groups in total. The zero-order valence-corrected chi connectivity index (χ0v) is 6.20. The summed E-state index contributed by atoms with van der Waals surface area (Å²) in [6.07, 6.45) is 1.06. The van der Waals surface area contributed by atoms with Crippen LogP contribution in [0.15, 0.2) is 11.6 Å². The van der Waals surface area contributed by atoms with E-state index >= 15 is 0 Å². The third-order valence-corrected chi connectivity index (χ3v) is 1.18. The number of rotatable bonds is 3. The molecule has 0 aromatic heterocycles. The summed E-state index contributed by atoms with van der Waals surface area (Å²) >= 11 is 0. The molecule has 0 bridgehead atoms. The maximum absolute atomic E-state index is 12.6. The molecule has 0 aliphatic carbocycles. The number of methoxy groups -OCH3 is 1. The van der Waals surface area contributed by atoms with E-state index in [1.165, 1.54) is 7.11 Å². The van der Waals surface area contributed by atoms with Crippen molar-refractivity contribution in [3.05, 3.63) is 11.6 Å². The van der Waals surface area contributed by atoms with Crippen LogP contribution in [0.25, 0.3) is 0 Å². The lowest BCUT2D eigenvalue weighted by atomic mass is 10.3. The standard InChI is InChI=1S/C7H13FO/c1-4-6(8)7(5-2)9-3/h4-5H2,1-3H3/b7-6-. The highest BCUT2D eigenvalue weighted by molar-refractivity contribution is 4.98. The van der Waals surface area contributed by atoms with Gasteiger partial charge in [-0.25, -0.2) is 4.39 Å². The summed E-state index contributed by atoms with van der Waals surface area (Å²) in [5, 5.41) is 0. The molecule has 0 aliphatic rings. The second kappa shape index (κ2) is 4.36. The van der Waals surface area contributed by atoms with Crippen LogP contribution in [0.3, 0.4) is 0 Å². The van der Waals surface area contributed by atoms with Crippen molar-refractivity contribution in [2.45, 2.75) is 26.7 Å². The topological polar surface area (TPSA) is 9.23 Å². The van der Waals surface area contributed by atoms with Gasteiger partial charge in [0.2, 0.25) is 0 Å². The van der Waals surface area contributed by atoms with Gasteiger partial charge < -0.3 is 4.74 Å². The predicted molar refractivity (Wildman–Crippen MR) is 35.7 cm³/mol. The fourth-order valence-corrected chi connectivity index (χ4v) is 0.644. The summed E-state index contributed by atoms with van der Waals surface area (Å²) in [7, 11) is 1.49. The Bertz CT molecular complexity index is 101. The average Bonchev–Trinajstić information content (AvgIpc) is 1.90. The molecule has 0 aromatic carbocycles. The van der Waals surface area contributed by atoms with Crippen LogP contribution in [0.1, 0.15) is 26.7 Å².